The largest absolute Gasteiger partial charge is 0.326 e. The van der Waals surface area contributed by atoms with E-state index in [1.54, 1.807) is 25.1 Å². The van der Waals surface area contributed by atoms with Gasteiger partial charge in [0.2, 0.25) is 0 Å². The van der Waals surface area contributed by atoms with Gasteiger partial charge in [0.05, 0.1) is 21.7 Å². The van der Waals surface area contributed by atoms with E-state index in [0.29, 0.717) is 17.1 Å². The number of amides is 1. The Kier molecular flexibility index (Phi) is 4.60. The molecule has 1 aromatic carbocycles. The van der Waals surface area contributed by atoms with Crippen molar-refractivity contribution < 1.29 is 4.79 Å². The highest BCUT2D eigenvalue weighted by Gasteiger charge is 2.17. The molecule has 1 aromatic rings. The number of benzene rings is 1. The van der Waals surface area contributed by atoms with Crippen molar-refractivity contribution in [1.82, 2.24) is 4.90 Å². The van der Waals surface area contributed by atoms with E-state index in [9.17, 15) is 4.79 Å². The van der Waals surface area contributed by atoms with Crippen molar-refractivity contribution in [3.63, 3.8) is 0 Å². The second-order valence-electron chi connectivity index (χ2n) is 3.08. The summed E-state index contributed by atoms with van der Waals surface area (Å²) in [4.78, 5) is 13.4. The first-order valence-electron chi connectivity index (χ1n) is 4.72. The Bertz CT molecular complexity index is 440. The molecular formula is C11H10Cl2N2O. The minimum atomic E-state index is -0.281. The quantitative estimate of drug-likeness (QED) is 0.781. The summed E-state index contributed by atoms with van der Waals surface area (Å²) in [5.74, 6) is -0.281. The van der Waals surface area contributed by atoms with Crippen molar-refractivity contribution in [3.8, 4) is 6.07 Å². The molecule has 0 saturated heterocycles. The maximum Gasteiger partial charge on any atom is 0.256 e. The summed E-state index contributed by atoms with van der Waals surface area (Å²) in [5.41, 5.74) is 0.325. The van der Waals surface area contributed by atoms with Crippen molar-refractivity contribution in [2.75, 3.05) is 13.1 Å². The molecule has 5 heteroatoms. The number of carbonyl (C=O) groups excluding carboxylic acids is 1. The molecule has 0 aliphatic rings. The van der Waals surface area contributed by atoms with E-state index in [2.05, 4.69) is 0 Å². The first-order chi connectivity index (χ1) is 7.61. The van der Waals surface area contributed by atoms with Crippen molar-refractivity contribution in [1.29, 1.82) is 5.26 Å². The van der Waals surface area contributed by atoms with E-state index in [-0.39, 0.29) is 17.5 Å². The molecule has 16 heavy (non-hydrogen) atoms. The van der Waals surface area contributed by atoms with Crippen molar-refractivity contribution >= 4 is 29.1 Å². The SMILES string of the molecule is CCN(CC#N)C(=O)c1cccc(Cl)c1Cl. The van der Waals surface area contributed by atoms with Gasteiger partial charge in [-0.1, -0.05) is 29.3 Å². The number of nitrogens with zero attached hydrogens (tertiary/aromatic N) is 2. The standard InChI is InChI=1S/C11H10Cl2N2O/c1-2-15(7-6-14)11(16)8-4-3-5-9(12)10(8)13/h3-5H,2,7H2,1H3. The highest BCUT2D eigenvalue weighted by molar-refractivity contribution is 6.43. The molecule has 0 atom stereocenters. The van der Waals surface area contributed by atoms with E-state index in [1.165, 1.54) is 4.90 Å². The third-order valence-corrected chi connectivity index (χ3v) is 2.93. The van der Waals surface area contributed by atoms with Crippen molar-refractivity contribution in [3.05, 3.63) is 33.8 Å². The van der Waals surface area contributed by atoms with Crippen LogP contribution >= 0.6 is 23.2 Å². The zero-order valence-electron chi connectivity index (χ0n) is 8.70. The Morgan fingerprint density at radius 1 is 1.50 bits per heavy atom. The van der Waals surface area contributed by atoms with Gasteiger partial charge in [-0.3, -0.25) is 4.79 Å². The lowest BCUT2D eigenvalue weighted by Gasteiger charge is -2.18. The number of halogens is 2. The summed E-state index contributed by atoms with van der Waals surface area (Å²) < 4.78 is 0. The van der Waals surface area contributed by atoms with Gasteiger partial charge in [-0.05, 0) is 19.1 Å². The lowest BCUT2D eigenvalue weighted by atomic mass is 10.2. The highest BCUT2D eigenvalue weighted by atomic mass is 35.5. The zero-order valence-corrected chi connectivity index (χ0v) is 10.2. The van der Waals surface area contributed by atoms with Crippen LogP contribution in [0.2, 0.25) is 10.0 Å². The second-order valence-corrected chi connectivity index (χ2v) is 3.86. The van der Waals surface area contributed by atoms with Crippen molar-refractivity contribution in [2.24, 2.45) is 0 Å². The van der Waals surface area contributed by atoms with Crippen molar-refractivity contribution in [2.45, 2.75) is 6.92 Å². The van der Waals surface area contributed by atoms with Gasteiger partial charge in [-0.25, -0.2) is 0 Å². The fraction of sp³-hybridized carbons (Fsp3) is 0.273. The van der Waals surface area contributed by atoms with Crippen LogP contribution in [-0.4, -0.2) is 23.9 Å². The topological polar surface area (TPSA) is 44.1 Å². The molecule has 1 amide bonds. The first kappa shape index (κ1) is 12.8. The van der Waals surface area contributed by atoms with Crippen LogP contribution in [0, 0.1) is 11.3 Å². The van der Waals surface area contributed by atoms with E-state index in [1.807, 2.05) is 6.07 Å². The van der Waals surface area contributed by atoms with Gasteiger partial charge in [-0.15, -0.1) is 0 Å². The Labute approximate surface area is 104 Å². The Hall–Kier alpha value is -1.24. The summed E-state index contributed by atoms with van der Waals surface area (Å²) in [6.07, 6.45) is 0. The molecule has 0 aliphatic carbocycles. The van der Waals surface area contributed by atoms with Crippen LogP contribution in [-0.2, 0) is 0 Å². The molecule has 0 aromatic heterocycles. The Morgan fingerprint density at radius 3 is 2.75 bits per heavy atom. The highest BCUT2D eigenvalue weighted by Crippen LogP contribution is 2.26. The van der Waals surface area contributed by atoms with Crippen LogP contribution < -0.4 is 0 Å². The van der Waals surface area contributed by atoms with Gasteiger partial charge in [0.15, 0.2) is 0 Å². The summed E-state index contributed by atoms with van der Waals surface area (Å²) in [7, 11) is 0. The monoisotopic (exact) mass is 256 g/mol. The molecule has 0 radical (unpaired) electrons. The zero-order chi connectivity index (χ0) is 12.1. The molecule has 0 aliphatic heterocycles. The van der Waals surface area contributed by atoms with Gasteiger partial charge in [0, 0.05) is 6.54 Å². The first-order valence-corrected chi connectivity index (χ1v) is 5.47. The molecular weight excluding hydrogens is 247 g/mol. The van der Waals surface area contributed by atoms with Gasteiger partial charge in [0.1, 0.15) is 6.54 Å². The van der Waals surface area contributed by atoms with E-state index < -0.39 is 0 Å². The molecule has 84 valence electrons. The van der Waals surface area contributed by atoms with E-state index >= 15 is 0 Å². The molecule has 3 nitrogen and oxygen atoms in total. The van der Waals surface area contributed by atoms with E-state index in [4.69, 9.17) is 28.5 Å². The molecule has 0 unspecified atom stereocenters. The molecule has 0 heterocycles. The lowest BCUT2D eigenvalue weighted by Crippen LogP contribution is -2.31. The smallest absolute Gasteiger partial charge is 0.256 e. The third kappa shape index (κ3) is 2.66. The predicted molar refractivity (Wildman–Crippen MR) is 63.7 cm³/mol. The number of nitriles is 1. The van der Waals surface area contributed by atoms with Crippen LogP contribution in [0.25, 0.3) is 0 Å². The minimum Gasteiger partial charge on any atom is -0.326 e. The summed E-state index contributed by atoms with van der Waals surface area (Å²) in [6, 6.07) is 6.79. The molecule has 0 saturated carbocycles. The normalized spacial score (nSPS) is 9.62. The summed E-state index contributed by atoms with van der Waals surface area (Å²) in [6.45, 7) is 2.29. The maximum atomic E-state index is 12.0. The van der Waals surface area contributed by atoms with Crippen LogP contribution in [0.1, 0.15) is 17.3 Å². The molecule has 0 bridgehead atoms. The average molecular weight is 257 g/mol. The molecule has 0 N–H and O–H groups in total. The lowest BCUT2D eigenvalue weighted by molar-refractivity contribution is 0.0784. The van der Waals surface area contributed by atoms with Crippen LogP contribution in [0.5, 0.6) is 0 Å². The van der Waals surface area contributed by atoms with Gasteiger partial charge in [-0.2, -0.15) is 5.26 Å². The van der Waals surface area contributed by atoms with Gasteiger partial charge in [0.25, 0.3) is 5.91 Å². The van der Waals surface area contributed by atoms with Crippen LogP contribution in [0.15, 0.2) is 18.2 Å². The molecule has 0 spiro atoms. The number of carbonyl (C=O) groups is 1. The number of hydrogen-bond acceptors (Lipinski definition) is 2. The fourth-order valence-corrected chi connectivity index (χ4v) is 1.63. The number of rotatable bonds is 3. The maximum absolute atomic E-state index is 12.0. The van der Waals surface area contributed by atoms with Gasteiger partial charge >= 0.3 is 0 Å². The Balaban J connectivity index is 3.05. The number of hydrogen-bond donors (Lipinski definition) is 0. The fourth-order valence-electron chi connectivity index (χ4n) is 1.25. The predicted octanol–water partition coefficient (Wildman–Crippen LogP) is 2.98. The second kappa shape index (κ2) is 5.74. The third-order valence-electron chi connectivity index (χ3n) is 2.11. The van der Waals surface area contributed by atoms with E-state index in [0.717, 1.165) is 0 Å². The molecule has 0 fully saturated rings. The summed E-state index contributed by atoms with van der Waals surface area (Å²) >= 11 is 11.7. The molecule has 1 rings (SSSR count). The Morgan fingerprint density at radius 2 is 2.19 bits per heavy atom. The van der Waals surface area contributed by atoms with Crippen LogP contribution in [0.3, 0.4) is 0 Å². The van der Waals surface area contributed by atoms with Crippen LogP contribution in [0.4, 0.5) is 0 Å². The summed E-state index contributed by atoms with van der Waals surface area (Å²) in [5, 5.41) is 9.15. The average Bonchev–Trinajstić information content (AvgIpc) is 2.29. The van der Waals surface area contributed by atoms with Gasteiger partial charge < -0.3 is 4.90 Å². The minimum absolute atomic E-state index is 0.0399.